The SMILES string of the molecule is CCc1ccccc1NC(=O)CS(=O)CC(O)CO. The Morgan fingerprint density at radius 2 is 2.11 bits per heavy atom. The second-order valence-corrected chi connectivity index (χ2v) is 5.65. The molecule has 6 heteroatoms. The molecule has 0 radical (unpaired) electrons. The monoisotopic (exact) mass is 285 g/mol. The van der Waals surface area contributed by atoms with Crippen LogP contribution in [0.4, 0.5) is 5.69 Å². The van der Waals surface area contributed by atoms with Crippen LogP contribution in [0, 0.1) is 0 Å². The van der Waals surface area contributed by atoms with E-state index in [4.69, 9.17) is 10.2 Å². The fourth-order valence-corrected chi connectivity index (χ4v) is 2.63. The highest BCUT2D eigenvalue weighted by molar-refractivity contribution is 7.85. The Balaban J connectivity index is 2.53. The van der Waals surface area contributed by atoms with Crippen molar-refractivity contribution in [2.24, 2.45) is 0 Å². The van der Waals surface area contributed by atoms with Gasteiger partial charge in [-0.05, 0) is 18.1 Å². The Bertz CT molecular complexity index is 450. The molecule has 0 saturated heterocycles. The summed E-state index contributed by atoms with van der Waals surface area (Å²) in [6, 6.07) is 7.43. The van der Waals surface area contributed by atoms with Gasteiger partial charge in [0.15, 0.2) is 0 Å². The van der Waals surface area contributed by atoms with Crippen LogP contribution in [0.25, 0.3) is 0 Å². The fraction of sp³-hybridized carbons (Fsp3) is 0.462. The minimum atomic E-state index is -1.48. The first-order valence-corrected chi connectivity index (χ1v) is 7.57. The highest BCUT2D eigenvalue weighted by Crippen LogP contribution is 2.15. The summed E-state index contributed by atoms with van der Waals surface area (Å²) in [7, 11) is -1.48. The molecule has 0 aromatic heterocycles. The van der Waals surface area contributed by atoms with E-state index in [-0.39, 0.29) is 17.4 Å². The van der Waals surface area contributed by atoms with Crippen molar-refractivity contribution < 1.29 is 19.2 Å². The summed E-state index contributed by atoms with van der Waals surface area (Å²) in [5.74, 6) is -0.640. The number of aliphatic hydroxyl groups is 2. The molecule has 1 aromatic rings. The zero-order chi connectivity index (χ0) is 14.3. The minimum absolute atomic E-state index is 0.0979. The van der Waals surface area contributed by atoms with Crippen LogP contribution in [0.5, 0.6) is 0 Å². The quantitative estimate of drug-likeness (QED) is 0.672. The lowest BCUT2D eigenvalue weighted by Gasteiger charge is -2.10. The maximum Gasteiger partial charge on any atom is 0.236 e. The molecule has 1 rings (SSSR count). The van der Waals surface area contributed by atoms with Crippen LogP contribution < -0.4 is 5.32 Å². The first-order chi connectivity index (χ1) is 9.06. The van der Waals surface area contributed by atoms with E-state index < -0.39 is 23.5 Å². The van der Waals surface area contributed by atoms with Crippen LogP contribution >= 0.6 is 0 Å². The first kappa shape index (κ1) is 15.8. The summed E-state index contributed by atoms with van der Waals surface area (Å²) < 4.78 is 11.5. The number of nitrogens with one attached hydrogen (secondary N) is 1. The number of hydrogen-bond donors (Lipinski definition) is 3. The smallest absolute Gasteiger partial charge is 0.236 e. The number of anilines is 1. The van der Waals surface area contributed by atoms with Crippen LogP contribution in [-0.2, 0) is 22.0 Å². The first-order valence-electron chi connectivity index (χ1n) is 6.08. The second-order valence-electron chi connectivity index (χ2n) is 4.15. The summed E-state index contributed by atoms with van der Waals surface area (Å²) >= 11 is 0. The Morgan fingerprint density at radius 1 is 1.42 bits per heavy atom. The number of carbonyl (C=O) groups is 1. The Labute approximate surface area is 115 Å². The molecule has 1 aromatic carbocycles. The molecule has 0 fully saturated rings. The van der Waals surface area contributed by atoms with Gasteiger partial charge >= 0.3 is 0 Å². The maximum atomic E-state index is 11.7. The Kier molecular flexibility index (Phi) is 6.69. The third-order valence-electron chi connectivity index (χ3n) is 2.55. The molecule has 0 bridgehead atoms. The molecule has 0 aliphatic carbocycles. The largest absolute Gasteiger partial charge is 0.394 e. The normalized spacial score (nSPS) is 13.8. The van der Waals surface area contributed by atoms with Gasteiger partial charge in [-0.1, -0.05) is 25.1 Å². The van der Waals surface area contributed by atoms with E-state index in [1.807, 2.05) is 25.1 Å². The molecule has 3 N–H and O–H groups in total. The third kappa shape index (κ3) is 5.50. The van der Waals surface area contributed by atoms with Gasteiger partial charge < -0.3 is 15.5 Å². The van der Waals surface area contributed by atoms with E-state index in [2.05, 4.69) is 5.32 Å². The van der Waals surface area contributed by atoms with Crippen LogP contribution in [0.1, 0.15) is 12.5 Å². The number of rotatable bonds is 7. The highest BCUT2D eigenvalue weighted by Gasteiger charge is 2.13. The number of aliphatic hydroxyl groups excluding tert-OH is 2. The van der Waals surface area contributed by atoms with Gasteiger partial charge in [0, 0.05) is 16.5 Å². The molecule has 1 amide bonds. The summed E-state index contributed by atoms with van der Waals surface area (Å²) in [6.45, 7) is 1.53. The van der Waals surface area contributed by atoms with E-state index >= 15 is 0 Å². The molecule has 0 aliphatic rings. The molecule has 0 heterocycles. The number of amides is 1. The van der Waals surface area contributed by atoms with Crippen molar-refractivity contribution in [3.05, 3.63) is 29.8 Å². The molecule has 0 saturated carbocycles. The lowest BCUT2D eigenvalue weighted by Crippen LogP contribution is -2.27. The zero-order valence-electron chi connectivity index (χ0n) is 10.8. The van der Waals surface area contributed by atoms with Crippen LogP contribution in [0.2, 0.25) is 0 Å². The summed E-state index contributed by atoms with van der Waals surface area (Å²) in [5, 5.41) is 20.5. The van der Waals surface area contributed by atoms with E-state index in [0.717, 1.165) is 17.7 Å². The van der Waals surface area contributed by atoms with Gasteiger partial charge in [-0.2, -0.15) is 0 Å². The number of benzene rings is 1. The summed E-state index contributed by atoms with van der Waals surface area (Å²) in [5.41, 5.74) is 1.73. The molecular weight excluding hydrogens is 266 g/mol. The molecule has 0 spiro atoms. The van der Waals surface area contributed by atoms with Crippen LogP contribution in [0.15, 0.2) is 24.3 Å². The van der Waals surface area contributed by atoms with Crippen molar-refractivity contribution in [3.63, 3.8) is 0 Å². The highest BCUT2D eigenvalue weighted by atomic mass is 32.2. The fourth-order valence-electron chi connectivity index (χ4n) is 1.61. The van der Waals surface area contributed by atoms with Gasteiger partial charge in [0.1, 0.15) is 5.75 Å². The molecule has 2 atom stereocenters. The Morgan fingerprint density at radius 3 is 2.74 bits per heavy atom. The van der Waals surface area contributed by atoms with Gasteiger partial charge in [0.05, 0.1) is 18.5 Å². The van der Waals surface area contributed by atoms with Crippen molar-refractivity contribution in [2.75, 3.05) is 23.4 Å². The lowest BCUT2D eigenvalue weighted by atomic mass is 10.1. The van der Waals surface area contributed by atoms with Gasteiger partial charge in [-0.25, -0.2) is 0 Å². The third-order valence-corrected chi connectivity index (χ3v) is 3.89. The predicted octanol–water partition coefficient (Wildman–Crippen LogP) is 0.289. The van der Waals surface area contributed by atoms with E-state index in [9.17, 15) is 9.00 Å². The lowest BCUT2D eigenvalue weighted by molar-refractivity contribution is -0.113. The number of para-hydroxylation sites is 1. The Hall–Kier alpha value is -1.24. The van der Waals surface area contributed by atoms with Crippen molar-refractivity contribution in [3.8, 4) is 0 Å². The van der Waals surface area contributed by atoms with Gasteiger partial charge in [0.2, 0.25) is 5.91 Å². The number of aryl methyl sites for hydroxylation is 1. The van der Waals surface area contributed by atoms with Crippen LogP contribution in [0.3, 0.4) is 0 Å². The number of hydrogen-bond acceptors (Lipinski definition) is 4. The van der Waals surface area contributed by atoms with Gasteiger partial charge in [-0.15, -0.1) is 0 Å². The minimum Gasteiger partial charge on any atom is -0.394 e. The standard InChI is InChI=1S/C13H19NO4S/c1-2-10-5-3-4-6-12(10)14-13(17)9-19(18)8-11(16)7-15/h3-6,11,15-16H,2,7-9H2,1H3,(H,14,17). The second kappa shape index (κ2) is 8.04. The number of carbonyl (C=O) groups excluding carboxylic acids is 1. The van der Waals surface area contributed by atoms with E-state index in [1.165, 1.54) is 0 Å². The molecule has 2 unspecified atom stereocenters. The van der Waals surface area contributed by atoms with Crippen molar-refractivity contribution in [1.29, 1.82) is 0 Å². The van der Waals surface area contributed by atoms with E-state index in [1.54, 1.807) is 6.07 Å². The van der Waals surface area contributed by atoms with Crippen LogP contribution in [-0.4, -0.2) is 44.5 Å². The molecular formula is C13H19NO4S. The molecule has 5 nitrogen and oxygen atoms in total. The van der Waals surface area contributed by atoms with Gasteiger partial charge in [-0.3, -0.25) is 9.00 Å². The average molecular weight is 285 g/mol. The van der Waals surface area contributed by atoms with Crippen molar-refractivity contribution in [2.45, 2.75) is 19.4 Å². The predicted molar refractivity (Wildman–Crippen MR) is 75.4 cm³/mol. The maximum absolute atomic E-state index is 11.7. The molecule has 106 valence electrons. The summed E-state index contributed by atoms with van der Waals surface area (Å²) in [4.78, 5) is 11.7. The molecule has 19 heavy (non-hydrogen) atoms. The van der Waals surface area contributed by atoms with Crippen molar-refractivity contribution in [1.82, 2.24) is 0 Å². The topological polar surface area (TPSA) is 86.6 Å². The zero-order valence-corrected chi connectivity index (χ0v) is 11.7. The van der Waals surface area contributed by atoms with Gasteiger partial charge in [0.25, 0.3) is 0 Å². The summed E-state index contributed by atoms with van der Waals surface area (Å²) in [6.07, 6.45) is -0.250. The van der Waals surface area contributed by atoms with Crippen molar-refractivity contribution >= 4 is 22.4 Å². The average Bonchev–Trinajstić information content (AvgIpc) is 2.38. The molecule has 0 aliphatic heterocycles. The van der Waals surface area contributed by atoms with E-state index in [0.29, 0.717) is 0 Å².